The van der Waals surface area contributed by atoms with Crippen LogP contribution in [0.3, 0.4) is 0 Å². The van der Waals surface area contributed by atoms with E-state index in [9.17, 15) is 18.0 Å². The highest BCUT2D eigenvalue weighted by atomic mass is 79.9. The summed E-state index contributed by atoms with van der Waals surface area (Å²) in [6, 6.07) is 11.9. The third-order valence-electron chi connectivity index (χ3n) is 3.10. The summed E-state index contributed by atoms with van der Waals surface area (Å²) in [5, 5.41) is 0. The summed E-state index contributed by atoms with van der Waals surface area (Å²) < 4.78 is 26.5. The molecule has 0 spiro atoms. The Kier molecular flexibility index (Phi) is 3.18. The molecule has 2 aromatic carbocycles. The molecule has 1 amide bonds. The SMILES string of the molecule is O=C1C(=O)N(S(=O)(=O)c2ccc(Br)cc2)c2ccccc21. The number of fused-ring (bicyclic) bond motifs is 1. The first kappa shape index (κ1) is 14.0. The average Bonchev–Trinajstić information content (AvgIpc) is 2.72. The Bertz CT molecular complexity index is 859. The number of para-hydroxylation sites is 1. The van der Waals surface area contributed by atoms with Gasteiger partial charge in [-0.15, -0.1) is 0 Å². The first-order valence-corrected chi connectivity index (χ1v) is 8.15. The Morgan fingerprint density at radius 1 is 0.905 bits per heavy atom. The lowest BCUT2D eigenvalue weighted by Gasteiger charge is -2.16. The summed E-state index contributed by atoms with van der Waals surface area (Å²) in [6.07, 6.45) is 0. The van der Waals surface area contributed by atoms with Gasteiger partial charge in [-0.05, 0) is 36.4 Å². The highest BCUT2D eigenvalue weighted by molar-refractivity contribution is 9.10. The van der Waals surface area contributed by atoms with E-state index in [4.69, 9.17) is 0 Å². The number of carbonyl (C=O) groups is 2. The summed E-state index contributed by atoms with van der Waals surface area (Å²) in [5.74, 6) is -1.87. The smallest absolute Gasteiger partial charge is 0.283 e. The molecule has 0 saturated heterocycles. The van der Waals surface area contributed by atoms with Gasteiger partial charge in [0.2, 0.25) is 0 Å². The Balaban J connectivity index is 2.18. The molecular formula is C14H8BrNO4S. The number of Topliss-reactive ketones (excluding diaryl/α,β-unsaturated/α-hetero) is 1. The van der Waals surface area contributed by atoms with E-state index >= 15 is 0 Å². The van der Waals surface area contributed by atoms with Crippen molar-refractivity contribution in [1.82, 2.24) is 0 Å². The standard InChI is InChI=1S/C14H8BrNO4S/c15-9-5-7-10(8-6-9)21(19,20)16-12-4-2-1-3-11(12)13(17)14(16)18/h1-8H. The topological polar surface area (TPSA) is 71.5 Å². The molecule has 0 bridgehead atoms. The molecule has 0 aliphatic carbocycles. The lowest BCUT2D eigenvalue weighted by Crippen LogP contribution is -2.35. The van der Waals surface area contributed by atoms with E-state index < -0.39 is 21.7 Å². The van der Waals surface area contributed by atoms with Gasteiger partial charge in [-0.25, -0.2) is 8.42 Å². The zero-order valence-electron chi connectivity index (χ0n) is 10.5. The minimum atomic E-state index is -4.11. The Morgan fingerprint density at radius 2 is 1.52 bits per heavy atom. The van der Waals surface area contributed by atoms with E-state index in [1.807, 2.05) is 0 Å². The highest BCUT2D eigenvalue weighted by Gasteiger charge is 2.43. The van der Waals surface area contributed by atoms with Crippen molar-refractivity contribution in [3.05, 3.63) is 58.6 Å². The summed E-state index contributed by atoms with van der Waals surface area (Å²) in [5.41, 5.74) is 0.193. The number of anilines is 1. The van der Waals surface area contributed by atoms with Gasteiger partial charge in [0.1, 0.15) is 0 Å². The minimum absolute atomic E-state index is 0.0523. The van der Waals surface area contributed by atoms with Gasteiger partial charge in [-0.1, -0.05) is 28.1 Å². The molecule has 5 nitrogen and oxygen atoms in total. The van der Waals surface area contributed by atoms with Gasteiger partial charge in [-0.3, -0.25) is 9.59 Å². The van der Waals surface area contributed by atoms with Crippen molar-refractivity contribution in [2.24, 2.45) is 0 Å². The van der Waals surface area contributed by atoms with Crippen LogP contribution in [0.1, 0.15) is 10.4 Å². The molecule has 21 heavy (non-hydrogen) atoms. The van der Waals surface area contributed by atoms with Crippen LogP contribution in [0.4, 0.5) is 5.69 Å². The summed E-state index contributed by atoms with van der Waals surface area (Å²) in [7, 11) is -4.11. The number of rotatable bonds is 2. The highest BCUT2D eigenvalue weighted by Crippen LogP contribution is 2.33. The fourth-order valence-electron chi connectivity index (χ4n) is 2.11. The first-order valence-electron chi connectivity index (χ1n) is 5.91. The molecule has 0 radical (unpaired) electrons. The van der Waals surface area contributed by atoms with Gasteiger partial charge < -0.3 is 0 Å². The van der Waals surface area contributed by atoms with Crippen molar-refractivity contribution in [3.8, 4) is 0 Å². The van der Waals surface area contributed by atoms with Crippen LogP contribution in [-0.4, -0.2) is 20.1 Å². The van der Waals surface area contributed by atoms with Crippen molar-refractivity contribution in [1.29, 1.82) is 0 Å². The average molecular weight is 366 g/mol. The van der Waals surface area contributed by atoms with Gasteiger partial charge >= 0.3 is 5.91 Å². The van der Waals surface area contributed by atoms with Crippen molar-refractivity contribution >= 4 is 43.3 Å². The van der Waals surface area contributed by atoms with Crippen LogP contribution in [0.2, 0.25) is 0 Å². The van der Waals surface area contributed by atoms with Crippen LogP contribution in [0.5, 0.6) is 0 Å². The van der Waals surface area contributed by atoms with Gasteiger partial charge in [0.05, 0.1) is 16.1 Å². The maximum absolute atomic E-state index is 12.6. The number of hydrogen-bond donors (Lipinski definition) is 0. The molecule has 2 aromatic rings. The summed E-state index contributed by atoms with van der Waals surface area (Å²) in [4.78, 5) is 23.9. The molecule has 0 saturated carbocycles. The Hall–Kier alpha value is -1.99. The van der Waals surface area contributed by atoms with E-state index in [0.29, 0.717) is 8.78 Å². The molecule has 1 aliphatic heterocycles. The first-order chi connectivity index (χ1) is 9.93. The molecule has 3 rings (SSSR count). The lowest BCUT2D eigenvalue weighted by atomic mass is 10.1. The number of sulfonamides is 1. The van der Waals surface area contributed by atoms with E-state index in [-0.39, 0.29) is 16.1 Å². The summed E-state index contributed by atoms with van der Waals surface area (Å²) in [6.45, 7) is 0. The lowest BCUT2D eigenvalue weighted by molar-refractivity contribution is -0.113. The second-order valence-electron chi connectivity index (χ2n) is 4.37. The van der Waals surface area contributed by atoms with E-state index in [1.165, 1.54) is 24.3 Å². The fourth-order valence-corrected chi connectivity index (χ4v) is 3.78. The number of nitrogens with zero attached hydrogens (tertiary/aromatic N) is 1. The van der Waals surface area contributed by atoms with E-state index in [2.05, 4.69) is 15.9 Å². The normalized spacial score (nSPS) is 14.4. The third kappa shape index (κ3) is 2.09. The molecule has 0 atom stereocenters. The molecule has 0 unspecified atom stereocenters. The molecule has 106 valence electrons. The molecule has 0 aromatic heterocycles. The van der Waals surface area contributed by atoms with E-state index in [0.717, 1.165) is 0 Å². The number of carbonyl (C=O) groups excluding carboxylic acids is 2. The minimum Gasteiger partial charge on any atom is -0.283 e. The van der Waals surface area contributed by atoms with Gasteiger partial charge in [0.25, 0.3) is 15.8 Å². The monoisotopic (exact) mass is 365 g/mol. The molecule has 0 N–H and O–H groups in total. The van der Waals surface area contributed by atoms with Crippen molar-refractivity contribution < 1.29 is 18.0 Å². The second kappa shape index (κ2) is 4.78. The molecule has 1 heterocycles. The zero-order chi connectivity index (χ0) is 15.2. The summed E-state index contributed by atoms with van der Waals surface area (Å²) >= 11 is 3.21. The molecule has 0 fully saturated rings. The largest absolute Gasteiger partial charge is 0.313 e. The quantitative estimate of drug-likeness (QED) is 0.765. The number of benzene rings is 2. The van der Waals surface area contributed by atoms with Gasteiger partial charge in [0, 0.05) is 4.47 Å². The van der Waals surface area contributed by atoms with Crippen molar-refractivity contribution in [3.63, 3.8) is 0 Å². The maximum Gasteiger partial charge on any atom is 0.313 e. The maximum atomic E-state index is 12.6. The molecular weight excluding hydrogens is 358 g/mol. The van der Waals surface area contributed by atoms with Crippen LogP contribution in [0, 0.1) is 0 Å². The van der Waals surface area contributed by atoms with Crippen LogP contribution >= 0.6 is 15.9 Å². The van der Waals surface area contributed by atoms with Crippen LogP contribution < -0.4 is 4.31 Å². The number of ketones is 1. The molecule has 1 aliphatic rings. The van der Waals surface area contributed by atoms with Gasteiger partial charge in [0.15, 0.2) is 0 Å². The third-order valence-corrected chi connectivity index (χ3v) is 5.34. The predicted octanol–water partition coefficient (Wildman–Crippen LogP) is 2.37. The van der Waals surface area contributed by atoms with E-state index in [1.54, 1.807) is 24.3 Å². The van der Waals surface area contributed by atoms with Crippen LogP contribution in [0.15, 0.2) is 57.9 Å². The predicted molar refractivity (Wildman–Crippen MR) is 79.6 cm³/mol. The van der Waals surface area contributed by atoms with Crippen LogP contribution in [-0.2, 0) is 14.8 Å². The number of hydrogen-bond acceptors (Lipinski definition) is 4. The second-order valence-corrected chi connectivity index (χ2v) is 7.08. The number of halogens is 1. The fraction of sp³-hybridized carbons (Fsp3) is 0. The number of amides is 1. The Morgan fingerprint density at radius 3 is 2.19 bits per heavy atom. The molecule has 7 heteroatoms. The van der Waals surface area contributed by atoms with Gasteiger partial charge in [-0.2, -0.15) is 4.31 Å². The van der Waals surface area contributed by atoms with Crippen LogP contribution in [0.25, 0.3) is 0 Å². The Labute approximate surface area is 129 Å². The zero-order valence-corrected chi connectivity index (χ0v) is 12.9. The van der Waals surface area contributed by atoms with Crippen molar-refractivity contribution in [2.75, 3.05) is 4.31 Å². The van der Waals surface area contributed by atoms with Crippen molar-refractivity contribution in [2.45, 2.75) is 4.90 Å².